The molecule has 1 aromatic carbocycles. The molecular weight excluding hydrogens is 204 g/mol. The molecule has 0 aliphatic carbocycles. The van der Waals surface area contributed by atoms with Crippen LogP contribution in [0.1, 0.15) is 38.7 Å². The van der Waals surface area contributed by atoms with E-state index in [1.54, 1.807) is 13.0 Å². The molecule has 0 amide bonds. The second kappa shape index (κ2) is 5.54. The van der Waals surface area contributed by atoms with Crippen molar-refractivity contribution in [1.82, 2.24) is 0 Å². The minimum absolute atomic E-state index is 0.411. The summed E-state index contributed by atoms with van der Waals surface area (Å²) in [5.41, 5.74) is 1.15. The van der Waals surface area contributed by atoms with Gasteiger partial charge in [-0.25, -0.2) is 4.79 Å². The Hall–Kier alpha value is -1.51. The zero-order valence-corrected chi connectivity index (χ0v) is 9.93. The molecule has 0 radical (unpaired) electrons. The molecular formula is C13H18O3. The Labute approximate surface area is 96.1 Å². The summed E-state index contributed by atoms with van der Waals surface area (Å²) in [5.74, 6) is 0.117. The molecule has 0 bridgehead atoms. The van der Waals surface area contributed by atoms with Crippen molar-refractivity contribution in [2.24, 2.45) is 0 Å². The molecule has 3 nitrogen and oxygen atoms in total. The van der Waals surface area contributed by atoms with Crippen LogP contribution in [-0.2, 0) is 4.79 Å². The van der Waals surface area contributed by atoms with Crippen molar-refractivity contribution >= 4 is 5.97 Å². The summed E-state index contributed by atoms with van der Waals surface area (Å²) in [6, 6.07) is 7.59. The Balaban J connectivity index is 2.80. The Morgan fingerprint density at radius 1 is 1.44 bits per heavy atom. The maximum Gasteiger partial charge on any atom is 0.344 e. The van der Waals surface area contributed by atoms with E-state index in [1.165, 1.54) is 0 Å². The first-order chi connectivity index (χ1) is 7.54. The van der Waals surface area contributed by atoms with Crippen LogP contribution in [0, 0.1) is 0 Å². The SMILES string of the molecule is CCC(Oc1cccc(C(C)C)c1)C(=O)O. The predicted molar refractivity (Wildman–Crippen MR) is 62.9 cm³/mol. The van der Waals surface area contributed by atoms with Crippen LogP contribution < -0.4 is 4.74 Å². The molecule has 0 saturated heterocycles. The average molecular weight is 222 g/mol. The van der Waals surface area contributed by atoms with E-state index in [4.69, 9.17) is 9.84 Å². The molecule has 1 atom stereocenters. The molecule has 0 fully saturated rings. The molecule has 1 N–H and O–H groups in total. The van der Waals surface area contributed by atoms with Crippen molar-refractivity contribution in [1.29, 1.82) is 0 Å². The van der Waals surface area contributed by atoms with E-state index >= 15 is 0 Å². The number of benzene rings is 1. The zero-order valence-electron chi connectivity index (χ0n) is 9.93. The number of carboxylic acids is 1. The van der Waals surface area contributed by atoms with Crippen molar-refractivity contribution in [2.75, 3.05) is 0 Å². The molecule has 0 aliphatic rings. The molecule has 0 heterocycles. The minimum atomic E-state index is -0.919. The van der Waals surface area contributed by atoms with Crippen LogP contribution in [0.2, 0.25) is 0 Å². The Kier molecular flexibility index (Phi) is 4.35. The van der Waals surface area contributed by atoms with E-state index in [2.05, 4.69) is 13.8 Å². The topological polar surface area (TPSA) is 46.5 Å². The lowest BCUT2D eigenvalue weighted by Gasteiger charge is -2.14. The molecule has 1 rings (SSSR count). The highest BCUT2D eigenvalue weighted by Gasteiger charge is 2.16. The smallest absolute Gasteiger partial charge is 0.344 e. The van der Waals surface area contributed by atoms with Crippen LogP contribution in [0.3, 0.4) is 0 Å². The van der Waals surface area contributed by atoms with E-state index in [9.17, 15) is 4.79 Å². The van der Waals surface area contributed by atoms with Gasteiger partial charge in [0, 0.05) is 0 Å². The van der Waals surface area contributed by atoms with Gasteiger partial charge in [-0.05, 0) is 30.0 Å². The van der Waals surface area contributed by atoms with Crippen LogP contribution in [0.4, 0.5) is 0 Å². The standard InChI is InChI=1S/C13H18O3/c1-4-12(13(14)15)16-11-7-5-6-10(8-11)9(2)3/h5-9,12H,4H2,1-3H3,(H,14,15). The van der Waals surface area contributed by atoms with Crippen LogP contribution in [0.5, 0.6) is 5.75 Å². The third kappa shape index (κ3) is 3.26. The zero-order chi connectivity index (χ0) is 12.1. The number of carboxylic acid groups (broad SMARTS) is 1. The van der Waals surface area contributed by atoms with E-state index < -0.39 is 12.1 Å². The molecule has 0 saturated carbocycles. The van der Waals surface area contributed by atoms with Crippen LogP contribution in [-0.4, -0.2) is 17.2 Å². The van der Waals surface area contributed by atoms with Crippen LogP contribution in [0.15, 0.2) is 24.3 Å². The van der Waals surface area contributed by atoms with Gasteiger partial charge in [0.1, 0.15) is 5.75 Å². The number of carbonyl (C=O) groups is 1. The normalized spacial score (nSPS) is 12.5. The number of rotatable bonds is 5. The highest BCUT2D eigenvalue weighted by atomic mass is 16.5. The van der Waals surface area contributed by atoms with Gasteiger partial charge in [-0.3, -0.25) is 0 Å². The Morgan fingerprint density at radius 2 is 2.12 bits per heavy atom. The van der Waals surface area contributed by atoms with Gasteiger partial charge < -0.3 is 9.84 Å². The largest absolute Gasteiger partial charge is 0.479 e. The third-order valence-electron chi connectivity index (χ3n) is 2.45. The van der Waals surface area contributed by atoms with Crippen molar-refractivity contribution in [3.8, 4) is 5.75 Å². The lowest BCUT2D eigenvalue weighted by atomic mass is 10.0. The second-order valence-electron chi connectivity index (χ2n) is 4.08. The first-order valence-electron chi connectivity index (χ1n) is 5.54. The summed E-state index contributed by atoms with van der Waals surface area (Å²) in [4.78, 5) is 10.8. The van der Waals surface area contributed by atoms with Crippen molar-refractivity contribution in [3.05, 3.63) is 29.8 Å². The predicted octanol–water partition coefficient (Wildman–Crippen LogP) is 3.05. The minimum Gasteiger partial charge on any atom is -0.479 e. The number of ether oxygens (including phenoxy) is 1. The van der Waals surface area contributed by atoms with E-state index in [-0.39, 0.29) is 0 Å². The van der Waals surface area contributed by atoms with Crippen molar-refractivity contribution < 1.29 is 14.6 Å². The van der Waals surface area contributed by atoms with Gasteiger partial charge >= 0.3 is 5.97 Å². The first kappa shape index (κ1) is 12.6. The first-order valence-corrected chi connectivity index (χ1v) is 5.54. The lowest BCUT2D eigenvalue weighted by Crippen LogP contribution is -2.25. The summed E-state index contributed by atoms with van der Waals surface area (Å²) in [7, 11) is 0. The van der Waals surface area contributed by atoms with Gasteiger partial charge in [-0.15, -0.1) is 0 Å². The summed E-state index contributed by atoms with van der Waals surface area (Å²) in [6.45, 7) is 5.98. The van der Waals surface area contributed by atoms with Gasteiger partial charge in [0.25, 0.3) is 0 Å². The highest BCUT2D eigenvalue weighted by molar-refractivity contribution is 5.72. The monoisotopic (exact) mass is 222 g/mol. The van der Waals surface area contributed by atoms with Crippen molar-refractivity contribution in [2.45, 2.75) is 39.2 Å². The average Bonchev–Trinajstić information content (AvgIpc) is 2.25. The highest BCUT2D eigenvalue weighted by Crippen LogP contribution is 2.21. The second-order valence-corrected chi connectivity index (χ2v) is 4.08. The van der Waals surface area contributed by atoms with Gasteiger partial charge in [0.2, 0.25) is 0 Å². The summed E-state index contributed by atoms with van der Waals surface area (Å²) in [6.07, 6.45) is -0.302. The summed E-state index contributed by atoms with van der Waals surface area (Å²) >= 11 is 0. The fourth-order valence-corrected chi connectivity index (χ4v) is 1.42. The van der Waals surface area contributed by atoms with E-state index in [0.29, 0.717) is 18.1 Å². The Morgan fingerprint density at radius 3 is 2.62 bits per heavy atom. The van der Waals surface area contributed by atoms with Crippen molar-refractivity contribution in [3.63, 3.8) is 0 Å². The molecule has 0 spiro atoms. The Bertz CT molecular complexity index is 358. The maximum atomic E-state index is 10.8. The molecule has 1 unspecified atom stereocenters. The fourth-order valence-electron chi connectivity index (χ4n) is 1.42. The van der Waals surface area contributed by atoms with Crippen LogP contribution >= 0.6 is 0 Å². The van der Waals surface area contributed by atoms with Gasteiger partial charge in [-0.1, -0.05) is 32.9 Å². The summed E-state index contributed by atoms with van der Waals surface area (Å²) in [5, 5.41) is 8.89. The molecule has 3 heteroatoms. The maximum absolute atomic E-state index is 10.8. The van der Waals surface area contributed by atoms with Gasteiger partial charge in [0.05, 0.1) is 0 Å². The number of hydrogen-bond donors (Lipinski definition) is 1. The van der Waals surface area contributed by atoms with Crippen LogP contribution in [0.25, 0.3) is 0 Å². The fraction of sp³-hybridized carbons (Fsp3) is 0.462. The lowest BCUT2D eigenvalue weighted by molar-refractivity contribution is -0.145. The molecule has 0 aliphatic heterocycles. The molecule has 16 heavy (non-hydrogen) atoms. The number of hydrogen-bond acceptors (Lipinski definition) is 2. The molecule has 0 aromatic heterocycles. The van der Waals surface area contributed by atoms with Gasteiger partial charge in [0.15, 0.2) is 6.10 Å². The number of aliphatic carboxylic acids is 1. The van der Waals surface area contributed by atoms with E-state index in [0.717, 1.165) is 5.56 Å². The summed E-state index contributed by atoms with van der Waals surface area (Å²) < 4.78 is 5.42. The quantitative estimate of drug-likeness (QED) is 0.832. The molecule has 1 aromatic rings. The van der Waals surface area contributed by atoms with E-state index in [1.807, 2.05) is 18.2 Å². The van der Waals surface area contributed by atoms with Gasteiger partial charge in [-0.2, -0.15) is 0 Å². The third-order valence-corrected chi connectivity index (χ3v) is 2.45. The molecule has 88 valence electrons.